The molecular formula is C12H16N4O2. The predicted octanol–water partition coefficient (Wildman–Crippen LogP) is 0.656. The number of hydrogen-bond donors (Lipinski definition) is 3. The Balaban J connectivity index is 1.95. The monoisotopic (exact) mass is 248 g/mol. The van der Waals surface area contributed by atoms with E-state index >= 15 is 0 Å². The van der Waals surface area contributed by atoms with Crippen molar-refractivity contribution in [1.82, 2.24) is 9.88 Å². The highest BCUT2D eigenvalue weighted by Crippen LogP contribution is 2.37. The highest BCUT2D eigenvalue weighted by Gasteiger charge is 2.44. The standard InChI is InChI=1S/C12H16N4O2/c1-16-4-2-12(3-5-16)11(18)14-8-6-13-9(7-17)10(8)15-12/h6-7,13,15H,2-5H2,1H3,(H,14,18). The Kier molecular flexibility index (Phi) is 2.41. The molecule has 1 saturated heterocycles. The van der Waals surface area contributed by atoms with Crippen molar-refractivity contribution < 1.29 is 9.59 Å². The number of carbonyl (C=O) groups is 2. The van der Waals surface area contributed by atoms with Gasteiger partial charge < -0.3 is 20.5 Å². The summed E-state index contributed by atoms with van der Waals surface area (Å²) in [5.41, 5.74) is 1.29. The molecule has 0 saturated carbocycles. The topological polar surface area (TPSA) is 77.2 Å². The summed E-state index contributed by atoms with van der Waals surface area (Å²) in [4.78, 5) is 28.3. The molecule has 3 N–H and O–H groups in total. The summed E-state index contributed by atoms with van der Waals surface area (Å²) in [6, 6.07) is 0. The number of likely N-dealkylation sites (tertiary alicyclic amines) is 1. The lowest BCUT2D eigenvalue weighted by Crippen LogP contribution is -2.57. The molecule has 6 heteroatoms. The number of H-pyrrole nitrogens is 1. The summed E-state index contributed by atoms with van der Waals surface area (Å²) in [5.74, 6) is -0.000418. The van der Waals surface area contributed by atoms with Gasteiger partial charge in [0.05, 0.1) is 11.4 Å². The van der Waals surface area contributed by atoms with E-state index in [0.29, 0.717) is 17.1 Å². The van der Waals surface area contributed by atoms with E-state index in [1.54, 1.807) is 6.20 Å². The number of nitrogens with zero attached hydrogens (tertiary/aromatic N) is 1. The molecule has 1 fully saturated rings. The Bertz CT molecular complexity index is 500. The molecule has 3 rings (SSSR count). The number of nitrogens with one attached hydrogen (secondary N) is 3. The lowest BCUT2D eigenvalue weighted by atomic mass is 9.85. The Morgan fingerprint density at radius 3 is 2.78 bits per heavy atom. The Labute approximate surface area is 105 Å². The van der Waals surface area contributed by atoms with E-state index in [2.05, 4.69) is 20.5 Å². The second kappa shape index (κ2) is 3.84. The van der Waals surface area contributed by atoms with E-state index < -0.39 is 5.54 Å². The average molecular weight is 248 g/mol. The first-order valence-corrected chi connectivity index (χ1v) is 6.09. The van der Waals surface area contributed by atoms with Crippen LogP contribution in [0.4, 0.5) is 11.4 Å². The first kappa shape index (κ1) is 11.3. The minimum Gasteiger partial charge on any atom is -0.368 e. The SMILES string of the molecule is CN1CCC2(CC1)Nc1c(c[nH]c1C=O)NC2=O. The van der Waals surface area contributed by atoms with Crippen molar-refractivity contribution in [3.63, 3.8) is 0 Å². The van der Waals surface area contributed by atoms with Crippen molar-refractivity contribution in [1.29, 1.82) is 0 Å². The van der Waals surface area contributed by atoms with Crippen molar-refractivity contribution in [2.24, 2.45) is 0 Å². The zero-order valence-electron chi connectivity index (χ0n) is 10.2. The van der Waals surface area contributed by atoms with E-state index in [0.717, 1.165) is 32.2 Å². The van der Waals surface area contributed by atoms with Crippen LogP contribution in [0.15, 0.2) is 6.20 Å². The van der Waals surface area contributed by atoms with Crippen molar-refractivity contribution in [3.05, 3.63) is 11.9 Å². The van der Waals surface area contributed by atoms with E-state index in [4.69, 9.17) is 0 Å². The molecule has 6 nitrogen and oxygen atoms in total. The van der Waals surface area contributed by atoms with Crippen LogP contribution in [0.2, 0.25) is 0 Å². The maximum Gasteiger partial charge on any atom is 0.250 e. The zero-order chi connectivity index (χ0) is 12.8. The molecule has 0 bridgehead atoms. The normalized spacial score (nSPS) is 22.2. The van der Waals surface area contributed by atoms with Crippen LogP contribution in [-0.4, -0.2) is 47.8 Å². The van der Waals surface area contributed by atoms with E-state index in [-0.39, 0.29) is 5.91 Å². The highest BCUT2D eigenvalue weighted by atomic mass is 16.2. The number of aromatic nitrogens is 1. The molecular weight excluding hydrogens is 232 g/mol. The van der Waals surface area contributed by atoms with Crippen LogP contribution >= 0.6 is 0 Å². The number of carbonyl (C=O) groups excluding carboxylic acids is 2. The third-order valence-corrected chi connectivity index (χ3v) is 3.92. The zero-order valence-corrected chi connectivity index (χ0v) is 10.2. The summed E-state index contributed by atoms with van der Waals surface area (Å²) in [7, 11) is 2.05. The second-order valence-electron chi connectivity index (χ2n) is 5.07. The molecule has 1 amide bonds. The molecule has 18 heavy (non-hydrogen) atoms. The number of piperidine rings is 1. The van der Waals surface area contributed by atoms with Crippen LogP contribution in [-0.2, 0) is 4.79 Å². The fourth-order valence-corrected chi connectivity index (χ4v) is 2.66. The van der Waals surface area contributed by atoms with E-state index in [1.165, 1.54) is 0 Å². The van der Waals surface area contributed by atoms with Gasteiger partial charge in [0, 0.05) is 19.3 Å². The third-order valence-electron chi connectivity index (χ3n) is 3.92. The van der Waals surface area contributed by atoms with E-state index in [1.807, 2.05) is 7.05 Å². The maximum atomic E-state index is 12.2. The van der Waals surface area contributed by atoms with Crippen LogP contribution in [0.1, 0.15) is 23.3 Å². The van der Waals surface area contributed by atoms with Crippen molar-refractivity contribution in [2.75, 3.05) is 30.8 Å². The van der Waals surface area contributed by atoms with Crippen LogP contribution < -0.4 is 10.6 Å². The first-order valence-electron chi connectivity index (χ1n) is 6.09. The number of anilines is 2. The fourth-order valence-electron chi connectivity index (χ4n) is 2.66. The van der Waals surface area contributed by atoms with Gasteiger partial charge >= 0.3 is 0 Å². The Hall–Kier alpha value is -1.82. The molecule has 1 aromatic heterocycles. The Morgan fingerprint density at radius 1 is 1.39 bits per heavy atom. The molecule has 0 aliphatic carbocycles. The molecule has 3 heterocycles. The quantitative estimate of drug-likeness (QED) is 0.638. The van der Waals surface area contributed by atoms with Gasteiger partial charge in [0.1, 0.15) is 11.2 Å². The minimum absolute atomic E-state index is 0.000418. The number of fused-ring (bicyclic) bond motifs is 1. The van der Waals surface area contributed by atoms with E-state index in [9.17, 15) is 9.59 Å². The number of aromatic amines is 1. The van der Waals surface area contributed by atoms with Gasteiger partial charge in [0.25, 0.3) is 0 Å². The highest BCUT2D eigenvalue weighted by molar-refractivity contribution is 6.08. The molecule has 0 aromatic carbocycles. The lowest BCUT2D eigenvalue weighted by molar-refractivity contribution is -0.122. The van der Waals surface area contributed by atoms with Gasteiger partial charge in [-0.05, 0) is 19.9 Å². The van der Waals surface area contributed by atoms with Crippen molar-refractivity contribution >= 4 is 23.6 Å². The summed E-state index contributed by atoms with van der Waals surface area (Å²) >= 11 is 0. The van der Waals surface area contributed by atoms with Crippen molar-refractivity contribution in [2.45, 2.75) is 18.4 Å². The molecule has 0 unspecified atom stereocenters. The van der Waals surface area contributed by atoms with Gasteiger partial charge in [-0.15, -0.1) is 0 Å². The van der Waals surface area contributed by atoms with Gasteiger partial charge in [0.15, 0.2) is 6.29 Å². The molecule has 1 spiro atoms. The molecule has 96 valence electrons. The molecule has 0 radical (unpaired) electrons. The third kappa shape index (κ3) is 1.53. The number of amides is 1. The van der Waals surface area contributed by atoms with Gasteiger partial charge in [-0.1, -0.05) is 0 Å². The van der Waals surface area contributed by atoms with Crippen LogP contribution in [0, 0.1) is 0 Å². The van der Waals surface area contributed by atoms with Crippen molar-refractivity contribution in [3.8, 4) is 0 Å². The summed E-state index contributed by atoms with van der Waals surface area (Å²) in [6.45, 7) is 1.74. The van der Waals surface area contributed by atoms with Gasteiger partial charge in [-0.25, -0.2) is 0 Å². The summed E-state index contributed by atoms with van der Waals surface area (Å²) < 4.78 is 0. The maximum absolute atomic E-state index is 12.2. The lowest BCUT2D eigenvalue weighted by Gasteiger charge is -2.42. The minimum atomic E-state index is -0.570. The smallest absolute Gasteiger partial charge is 0.250 e. The molecule has 0 atom stereocenters. The van der Waals surface area contributed by atoms with Crippen LogP contribution in [0.25, 0.3) is 0 Å². The number of hydrogen-bond acceptors (Lipinski definition) is 4. The number of rotatable bonds is 1. The molecule has 2 aliphatic heterocycles. The van der Waals surface area contributed by atoms with Gasteiger partial charge in [-0.3, -0.25) is 9.59 Å². The summed E-state index contributed by atoms with van der Waals surface area (Å²) in [6.07, 6.45) is 3.91. The first-order chi connectivity index (χ1) is 8.64. The van der Waals surface area contributed by atoms with Gasteiger partial charge in [-0.2, -0.15) is 0 Å². The van der Waals surface area contributed by atoms with Crippen LogP contribution in [0.3, 0.4) is 0 Å². The average Bonchev–Trinajstić information content (AvgIpc) is 2.75. The van der Waals surface area contributed by atoms with Gasteiger partial charge in [0.2, 0.25) is 5.91 Å². The largest absolute Gasteiger partial charge is 0.368 e. The van der Waals surface area contributed by atoms with Crippen LogP contribution in [0.5, 0.6) is 0 Å². The fraction of sp³-hybridized carbons (Fsp3) is 0.500. The number of aldehydes is 1. The Morgan fingerprint density at radius 2 is 2.11 bits per heavy atom. The molecule has 2 aliphatic rings. The summed E-state index contributed by atoms with van der Waals surface area (Å²) in [5, 5.41) is 6.16. The molecule has 1 aromatic rings. The predicted molar refractivity (Wildman–Crippen MR) is 67.9 cm³/mol. The second-order valence-corrected chi connectivity index (χ2v) is 5.07.